The molecule has 2 amide bonds. The van der Waals surface area contributed by atoms with Crippen LogP contribution in [0.15, 0.2) is 42.5 Å². The van der Waals surface area contributed by atoms with Crippen LogP contribution in [0.25, 0.3) is 10.2 Å². The lowest BCUT2D eigenvalue weighted by Gasteiger charge is -2.30. The Bertz CT molecular complexity index is 1030. The zero-order valence-electron chi connectivity index (χ0n) is 14.7. The van der Waals surface area contributed by atoms with E-state index < -0.39 is 12.2 Å². The molecule has 1 aliphatic heterocycles. The maximum atomic E-state index is 12.7. The molecule has 2 heterocycles. The quantitative estimate of drug-likeness (QED) is 0.723. The number of thiazole rings is 1. The van der Waals surface area contributed by atoms with Gasteiger partial charge in [-0.2, -0.15) is 0 Å². The molecule has 4 rings (SSSR count). The Kier molecular flexibility index (Phi) is 4.41. The fraction of sp³-hybridized carbons (Fsp3) is 0.211. The molecule has 2 atom stereocenters. The van der Waals surface area contributed by atoms with Crippen molar-refractivity contribution in [3.05, 3.63) is 42.5 Å². The standard InChI is InChI=1S/C19H17N3O4S/c1-10-17(26-15-6-4-3-5-14(15)25-10)18(24)22-19-21-13-8-7-12(20-11(2)23)9-16(13)27-19/h3-10,17H,1-2H3,(H,20,23)(H,21,22,24). The second kappa shape index (κ2) is 6.88. The van der Waals surface area contributed by atoms with Gasteiger partial charge in [-0.15, -0.1) is 0 Å². The van der Waals surface area contributed by atoms with Crippen molar-refractivity contribution >= 4 is 44.2 Å². The van der Waals surface area contributed by atoms with Crippen molar-refractivity contribution in [2.24, 2.45) is 0 Å². The van der Waals surface area contributed by atoms with Crippen LogP contribution in [0.5, 0.6) is 11.5 Å². The van der Waals surface area contributed by atoms with Crippen LogP contribution >= 0.6 is 11.3 Å². The van der Waals surface area contributed by atoms with Crippen LogP contribution in [0.2, 0.25) is 0 Å². The number of nitrogens with zero attached hydrogens (tertiary/aromatic N) is 1. The van der Waals surface area contributed by atoms with Crippen molar-refractivity contribution in [3.63, 3.8) is 0 Å². The van der Waals surface area contributed by atoms with Crippen LogP contribution in [0.4, 0.5) is 10.8 Å². The number of hydrogen-bond donors (Lipinski definition) is 2. The van der Waals surface area contributed by atoms with E-state index in [9.17, 15) is 9.59 Å². The smallest absolute Gasteiger partial charge is 0.271 e. The van der Waals surface area contributed by atoms with Gasteiger partial charge in [0.15, 0.2) is 16.6 Å². The molecule has 2 unspecified atom stereocenters. The summed E-state index contributed by atoms with van der Waals surface area (Å²) in [5.41, 5.74) is 1.43. The molecule has 7 nitrogen and oxygen atoms in total. The molecular weight excluding hydrogens is 366 g/mol. The van der Waals surface area contributed by atoms with Gasteiger partial charge in [0.2, 0.25) is 12.0 Å². The SMILES string of the molecule is CC(=O)Nc1ccc2nc(NC(=O)C3Oc4ccccc4OC3C)sc2c1. The minimum Gasteiger partial charge on any atom is -0.482 e. The molecule has 3 aromatic rings. The van der Waals surface area contributed by atoms with E-state index in [2.05, 4.69) is 15.6 Å². The van der Waals surface area contributed by atoms with Gasteiger partial charge in [0.1, 0.15) is 6.10 Å². The van der Waals surface area contributed by atoms with E-state index in [0.29, 0.717) is 22.3 Å². The van der Waals surface area contributed by atoms with Crippen LogP contribution < -0.4 is 20.1 Å². The van der Waals surface area contributed by atoms with Crippen LogP contribution in [-0.2, 0) is 9.59 Å². The van der Waals surface area contributed by atoms with E-state index in [0.717, 1.165) is 10.2 Å². The molecule has 138 valence electrons. The molecule has 1 aromatic heterocycles. The van der Waals surface area contributed by atoms with E-state index >= 15 is 0 Å². The van der Waals surface area contributed by atoms with Gasteiger partial charge in [-0.3, -0.25) is 14.9 Å². The lowest BCUT2D eigenvalue weighted by molar-refractivity contribution is -0.128. The van der Waals surface area contributed by atoms with Crippen molar-refractivity contribution < 1.29 is 19.1 Å². The van der Waals surface area contributed by atoms with Gasteiger partial charge in [-0.05, 0) is 37.3 Å². The van der Waals surface area contributed by atoms with Crippen molar-refractivity contribution in [2.45, 2.75) is 26.1 Å². The second-order valence-electron chi connectivity index (χ2n) is 6.18. The topological polar surface area (TPSA) is 89.6 Å². The van der Waals surface area contributed by atoms with E-state index in [1.807, 2.05) is 18.2 Å². The Morgan fingerprint density at radius 2 is 1.81 bits per heavy atom. The lowest BCUT2D eigenvalue weighted by atomic mass is 10.1. The summed E-state index contributed by atoms with van der Waals surface area (Å²) in [4.78, 5) is 28.3. The van der Waals surface area contributed by atoms with Gasteiger partial charge in [0.25, 0.3) is 5.91 Å². The number of fused-ring (bicyclic) bond motifs is 2. The number of carbonyl (C=O) groups excluding carboxylic acids is 2. The summed E-state index contributed by atoms with van der Waals surface area (Å²) in [7, 11) is 0. The minimum absolute atomic E-state index is 0.142. The van der Waals surface area contributed by atoms with Gasteiger partial charge in [-0.1, -0.05) is 23.5 Å². The number of anilines is 2. The predicted octanol–water partition coefficient (Wildman–Crippen LogP) is 3.42. The third kappa shape index (κ3) is 3.56. The third-order valence-electron chi connectivity index (χ3n) is 4.04. The highest BCUT2D eigenvalue weighted by atomic mass is 32.1. The van der Waals surface area contributed by atoms with Gasteiger partial charge in [0.05, 0.1) is 10.2 Å². The van der Waals surface area contributed by atoms with E-state index in [-0.39, 0.29) is 11.8 Å². The van der Waals surface area contributed by atoms with Gasteiger partial charge < -0.3 is 14.8 Å². The number of hydrogen-bond acceptors (Lipinski definition) is 6. The summed E-state index contributed by atoms with van der Waals surface area (Å²) < 4.78 is 12.4. The highest BCUT2D eigenvalue weighted by Crippen LogP contribution is 2.34. The van der Waals surface area contributed by atoms with Crippen molar-refractivity contribution in [1.82, 2.24) is 4.98 Å². The number of nitrogens with one attached hydrogen (secondary N) is 2. The third-order valence-corrected chi connectivity index (χ3v) is 4.97. The number of benzene rings is 2. The number of carbonyl (C=O) groups is 2. The average Bonchev–Trinajstić information content (AvgIpc) is 3.02. The first-order chi connectivity index (χ1) is 13.0. The van der Waals surface area contributed by atoms with Crippen molar-refractivity contribution in [1.29, 1.82) is 0 Å². The molecular formula is C19H17N3O4S. The van der Waals surface area contributed by atoms with E-state index in [4.69, 9.17) is 9.47 Å². The predicted molar refractivity (Wildman–Crippen MR) is 104 cm³/mol. The van der Waals surface area contributed by atoms with Crippen LogP contribution in [0, 0.1) is 0 Å². The Labute approximate surface area is 159 Å². The monoisotopic (exact) mass is 383 g/mol. The zero-order chi connectivity index (χ0) is 19.0. The molecule has 2 aromatic carbocycles. The van der Waals surface area contributed by atoms with Crippen LogP contribution in [0.1, 0.15) is 13.8 Å². The van der Waals surface area contributed by atoms with Crippen LogP contribution in [0.3, 0.4) is 0 Å². The molecule has 2 N–H and O–H groups in total. The van der Waals surface area contributed by atoms with Gasteiger partial charge in [0, 0.05) is 12.6 Å². The summed E-state index contributed by atoms with van der Waals surface area (Å²) in [6.07, 6.45) is -1.21. The normalized spacial score (nSPS) is 18.1. The van der Waals surface area contributed by atoms with Crippen LogP contribution in [-0.4, -0.2) is 29.0 Å². The Morgan fingerprint density at radius 1 is 1.07 bits per heavy atom. The highest BCUT2D eigenvalue weighted by molar-refractivity contribution is 7.22. The first-order valence-electron chi connectivity index (χ1n) is 8.41. The molecule has 1 aliphatic rings. The minimum atomic E-state index is -0.776. The largest absolute Gasteiger partial charge is 0.482 e. The molecule has 0 saturated carbocycles. The molecule has 0 aliphatic carbocycles. The number of ether oxygens (including phenoxy) is 2. The number of aromatic nitrogens is 1. The molecule has 27 heavy (non-hydrogen) atoms. The fourth-order valence-electron chi connectivity index (χ4n) is 2.84. The second-order valence-corrected chi connectivity index (χ2v) is 7.21. The molecule has 0 fully saturated rings. The summed E-state index contributed by atoms with van der Waals surface area (Å²) in [5.74, 6) is 0.703. The van der Waals surface area contributed by atoms with Gasteiger partial charge in [-0.25, -0.2) is 4.98 Å². The fourth-order valence-corrected chi connectivity index (χ4v) is 3.75. The Hall–Kier alpha value is -3.13. The molecule has 0 spiro atoms. The Balaban J connectivity index is 1.51. The molecule has 0 radical (unpaired) electrons. The first kappa shape index (κ1) is 17.3. The Morgan fingerprint density at radius 3 is 2.56 bits per heavy atom. The molecule has 0 saturated heterocycles. The van der Waals surface area contributed by atoms with Crippen molar-refractivity contribution in [2.75, 3.05) is 10.6 Å². The maximum Gasteiger partial charge on any atom is 0.271 e. The number of rotatable bonds is 3. The first-order valence-corrected chi connectivity index (χ1v) is 9.22. The summed E-state index contributed by atoms with van der Waals surface area (Å²) >= 11 is 1.33. The van der Waals surface area contributed by atoms with E-state index in [1.165, 1.54) is 18.3 Å². The summed E-state index contributed by atoms with van der Waals surface area (Å²) in [6.45, 7) is 3.24. The summed E-state index contributed by atoms with van der Waals surface area (Å²) in [6, 6.07) is 12.6. The molecule has 0 bridgehead atoms. The van der Waals surface area contributed by atoms with Crippen molar-refractivity contribution in [3.8, 4) is 11.5 Å². The number of para-hydroxylation sites is 2. The zero-order valence-corrected chi connectivity index (χ0v) is 15.5. The average molecular weight is 383 g/mol. The maximum absolute atomic E-state index is 12.7. The van der Waals surface area contributed by atoms with Gasteiger partial charge >= 0.3 is 0 Å². The van der Waals surface area contributed by atoms with E-state index in [1.54, 1.807) is 31.2 Å². The molecule has 8 heteroatoms. The summed E-state index contributed by atoms with van der Waals surface area (Å²) in [5, 5.41) is 5.99. The number of amides is 2. The lowest BCUT2D eigenvalue weighted by Crippen LogP contribution is -2.46. The highest BCUT2D eigenvalue weighted by Gasteiger charge is 2.34.